The van der Waals surface area contributed by atoms with Crippen molar-refractivity contribution >= 4 is 15.8 Å². The largest absolute Gasteiger partial charge is 0.326 e. The number of aryl methyl sites for hydroxylation is 2. The third kappa shape index (κ3) is 3.15. The number of hydrogen-bond donors (Lipinski definition) is 2. The Morgan fingerprint density at radius 2 is 1.95 bits per heavy atom. The first-order valence-electron chi connectivity index (χ1n) is 6.17. The maximum absolute atomic E-state index is 12.4. The second kappa shape index (κ2) is 5.60. The number of aromatic nitrogens is 1. The van der Waals surface area contributed by atoms with Crippen molar-refractivity contribution in [3.8, 4) is 0 Å². The molecule has 0 aliphatic heterocycles. The first-order valence-corrected chi connectivity index (χ1v) is 7.66. The highest BCUT2D eigenvalue weighted by Gasteiger charge is 2.17. The Morgan fingerprint density at radius 1 is 1.20 bits per heavy atom. The van der Waals surface area contributed by atoms with Gasteiger partial charge in [0, 0.05) is 12.7 Å². The lowest BCUT2D eigenvalue weighted by Crippen LogP contribution is -2.15. The Labute approximate surface area is 118 Å². The predicted molar refractivity (Wildman–Crippen MR) is 78.9 cm³/mol. The molecule has 20 heavy (non-hydrogen) atoms. The molecule has 0 radical (unpaired) electrons. The number of anilines is 1. The van der Waals surface area contributed by atoms with Crippen molar-refractivity contribution in [3.63, 3.8) is 0 Å². The van der Waals surface area contributed by atoms with Gasteiger partial charge in [-0.05, 0) is 42.7 Å². The van der Waals surface area contributed by atoms with Crippen molar-refractivity contribution in [2.75, 3.05) is 4.72 Å². The molecule has 0 saturated heterocycles. The molecule has 0 spiro atoms. The van der Waals surface area contributed by atoms with Gasteiger partial charge in [-0.25, -0.2) is 13.4 Å². The number of nitrogens with one attached hydrogen (secondary N) is 1. The van der Waals surface area contributed by atoms with E-state index in [1.807, 2.05) is 13.0 Å². The van der Waals surface area contributed by atoms with Crippen molar-refractivity contribution in [2.24, 2.45) is 5.73 Å². The molecular formula is C14H17N3O2S. The molecule has 2 aromatic rings. The van der Waals surface area contributed by atoms with Gasteiger partial charge in [0.1, 0.15) is 5.82 Å². The number of benzene rings is 1. The van der Waals surface area contributed by atoms with E-state index in [1.54, 1.807) is 37.4 Å². The maximum atomic E-state index is 12.4. The zero-order valence-electron chi connectivity index (χ0n) is 11.4. The second-order valence-electron chi connectivity index (χ2n) is 4.63. The molecule has 0 aliphatic rings. The van der Waals surface area contributed by atoms with E-state index in [0.29, 0.717) is 12.1 Å². The molecule has 5 nitrogen and oxygen atoms in total. The average Bonchev–Trinajstić information content (AvgIpc) is 2.42. The minimum absolute atomic E-state index is 0.266. The van der Waals surface area contributed by atoms with Crippen molar-refractivity contribution < 1.29 is 8.42 Å². The number of hydrogen-bond acceptors (Lipinski definition) is 4. The van der Waals surface area contributed by atoms with E-state index < -0.39 is 10.0 Å². The van der Waals surface area contributed by atoms with E-state index in [9.17, 15) is 8.42 Å². The van der Waals surface area contributed by atoms with Crippen LogP contribution in [0.4, 0.5) is 5.82 Å². The minimum Gasteiger partial charge on any atom is -0.326 e. The SMILES string of the molecule is Cc1ccc(C)c(S(=O)(=O)Nc2ccc(CN)cn2)c1. The lowest BCUT2D eigenvalue weighted by molar-refractivity contribution is 0.600. The van der Waals surface area contributed by atoms with Crippen LogP contribution >= 0.6 is 0 Å². The van der Waals surface area contributed by atoms with Crippen molar-refractivity contribution in [2.45, 2.75) is 25.3 Å². The van der Waals surface area contributed by atoms with Crippen molar-refractivity contribution in [3.05, 3.63) is 53.2 Å². The van der Waals surface area contributed by atoms with Crippen LogP contribution in [0.1, 0.15) is 16.7 Å². The highest BCUT2D eigenvalue weighted by atomic mass is 32.2. The summed E-state index contributed by atoms with van der Waals surface area (Å²) in [4.78, 5) is 4.31. The molecule has 1 aromatic heterocycles. The van der Waals surface area contributed by atoms with Gasteiger partial charge in [-0.2, -0.15) is 0 Å². The standard InChI is InChI=1S/C14H17N3O2S/c1-10-3-4-11(2)13(7-10)20(18,19)17-14-6-5-12(8-15)9-16-14/h3-7,9H,8,15H2,1-2H3,(H,16,17). The maximum Gasteiger partial charge on any atom is 0.263 e. The molecule has 0 unspecified atom stereocenters. The van der Waals surface area contributed by atoms with E-state index in [4.69, 9.17) is 5.73 Å². The Kier molecular flexibility index (Phi) is 4.06. The number of nitrogens with two attached hydrogens (primary N) is 1. The van der Waals surface area contributed by atoms with E-state index in [1.165, 1.54) is 0 Å². The molecule has 0 bridgehead atoms. The smallest absolute Gasteiger partial charge is 0.263 e. The second-order valence-corrected chi connectivity index (χ2v) is 6.28. The zero-order valence-corrected chi connectivity index (χ0v) is 12.2. The molecule has 6 heteroatoms. The third-order valence-corrected chi connectivity index (χ3v) is 4.43. The number of pyridine rings is 1. The summed E-state index contributed by atoms with van der Waals surface area (Å²) in [5.74, 6) is 0.281. The van der Waals surface area contributed by atoms with Gasteiger partial charge < -0.3 is 5.73 Å². The molecular weight excluding hydrogens is 274 g/mol. The fourth-order valence-electron chi connectivity index (χ4n) is 1.80. The molecule has 2 rings (SSSR count). The van der Waals surface area contributed by atoms with E-state index in [-0.39, 0.29) is 10.7 Å². The van der Waals surface area contributed by atoms with Crippen LogP contribution in [0.5, 0.6) is 0 Å². The van der Waals surface area contributed by atoms with Gasteiger partial charge in [-0.3, -0.25) is 4.72 Å². The van der Waals surface area contributed by atoms with Gasteiger partial charge >= 0.3 is 0 Å². The Balaban J connectivity index is 2.32. The molecule has 0 atom stereocenters. The third-order valence-electron chi connectivity index (χ3n) is 2.93. The zero-order chi connectivity index (χ0) is 14.8. The van der Waals surface area contributed by atoms with Crippen LogP contribution in [0, 0.1) is 13.8 Å². The van der Waals surface area contributed by atoms with Crippen LogP contribution in [0.15, 0.2) is 41.4 Å². The van der Waals surface area contributed by atoms with E-state index in [0.717, 1.165) is 11.1 Å². The van der Waals surface area contributed by atoms with E-state index in [2.05, 4.69) is 9.71 Å². The van der Waals surface area contributed by atoms with Crippen molar-refractivity contribution in [1.82, 2.24) is 4.98 Å². The summed E-state index contributed by atoms with van der Waals surface area (Å²) in [6.45, 7) is 3.99. The Bertz CT molecular complexity index is 710. The summed E-state index contributed by atoms with van der Waals surface area (Å²) in [7, 11) is -3.63. The summed E-state index contributed by atoms with van der Waals surface area (Å²) >= 11 is 0. The van der Waals surface area contributed by atoms with Crippen LogP contribution in [-0.2, 0) is 16.6 Å². The lowest BCUT2D eigenvalue weighted by Gasteiger charge is -2.10. The summed E-state index contributed by atoms with van der Waals surface area (Å²) in [5.41, 5.74) is 7.91. The first-order chi connectivity index (χ1) is 9.42. The summed E-state index contributed by atoms with van der Waals surface area (Å²) in [6, 6.07) is 8.65. The van der Waals surface area contributed by atoms with Crippen LogP contribution in [0.3, 0.4) is 0 Å². The van der Waals surface area contributed by atoms with Gasteiger partial charge in [-0.15, -0.1) is 0 Å². The minimum atomic E-state index is -3.63. The molecule has 0 fully saturated rings. The molecule has 0 saturated carbocycles. The highest BCUT2D eigenvalue weighted by Crippen LogP contribution is 2.19. The van der Waals surface area contributed by atoms with Crippen LogP contribution in [-0.4, -0.2) is 13.4 Å². The van der Waals surface area contributed by atoms with E-state index >= 15 is 0 Å². The van der Waals surface area contributed by atoms with Crippen molar-refractivity contribution in [1.29, 1.82) is 0 Å². The fourth-order valence-corrected chi connectivity index (χ4v) is 3.13. The van der Waals surface area contributed by atoms with Crippen LogP contribution in [0.25, 0.3) is 0 Å². The highest BCUT2D eigenvalue weighted by molar-refractivity contribution is 7.92. The summed E-state index contributed by atoms with van der Waals surface area (Å²) in [6.07, 6.45) is 1.56. The number of rotatable bonds is 4. The summed E-state index contributed by atoms with van der Waals surface area (Å²) < 4.78 is 27.2. The Hall–Kier alpha value is -1.92. The fraction of sp³-hybridized carbons (Fsp3) is 0.214. The van der Waals surface area contributed by atoms with Gasteiger partial charge in [0.25, 0.3) is 10.0 Å². The van der Waals surface area contributed by atoms with Gasteiger partial charge in [-0.1, -0.05) is 18.2 Å². The normalized spacial score (nSPS) is 11.3. The molecule has 3 N–H and O–H groups in total. The molecule has 0 aliphatic carbocycles. The molecule has 106 valence electrons. The van der Waals surface area contributed by atoms with Gasteiger partial charge in [0.2, 0.25) is 0 Å². The predicted octanol–water partition coefficient (Wildman–Crippen LogP) is 1.96. The topological polar surface area (TPSA) is 85.1 Å². The number of sulfonamides is 1. The Morgan fingerprint density at radius 3 is 2.55 bits per heavy atom. The molecule has 0 amide bonds. The molecule has 1 aromatic carbocycles. The lowest BCUT2D eigenvalue weighted by atomic mass is 10.2. The number of nitrogens with zero attached hydrogens (tertiary/aromatic N) is 1. The summed E-state index contributed by atoms with van der Waals surface area (Å²) in [5, 5.41) is 0. The quantitative estimate of drug-likeness (QED) is 0.901. The average molecular weight is 291 g/mol. The molecule has 1 heterocycles. The van der Waals surface area contributed by atoms with Gasteiger partial charge in [0.05, 0.1) is 4.90 Å². The first kappa shape index (κ1) is 14.5. The van der Waals surface area contributed by atoms with Crippen LogP contribution < -0.4 is 10.5 Å². The van der Waals surface area contributed by atoms with Gasteiger partial charge in [0.15, 0.2) is 0 Å². The van der Waals surface area contributed by atoms with Crippen LogP contribution in [0.2, 0.25) is 0 Å². The monoisotopic (exact) mass is 291 g/mol.